The Labute approximate surface area is 123 Å². The molecule has 1 N–H and O–H groups in total. The molecule has 5 nitrogen and oxygen atoms in total. The van der Waals surface area contributed by atoms with Crippen LogP contribution in [0.4, 0.5) is 5.69 Å². The van der Waals surface area contributed by atoms with Crippen LogP contribution in [0, 0.1) is 27.7 Å². The van der Waals surface area contributed by atoms with Crippen molar-refractivity contribution >= 4 is 11.6 Å². The molecule has 0 unspecified atom stereocenters. The first kappa shape index (κ1) is 15.0. The third-order valence-corrected chi connectivity index (χ3v) is 3.33. The second kappa shape index (κ2) is 5.91. The van der Waals surface area contributed by atoms with Crippen molar-refractivity contribution < 1.29 is 4.79 Å². The fourth-order valence-corrected chi connectivity index (χ4v) is 2.19. The quantitative estimate of drug-likeness (QED) is 0.939. The molecule has 21 heavy (non-hydrogen) atoms. The molecule has 0 saturated heterocycles. The van der Waals surface area contributed by atoms with Gasteiger partial charge in [-0.3, -0.25) is 14.2 Å². The number of carbonyl (C=O) groups is 1. The molecule has 1 heterocycles. The Kier molecular flexibility index (Phi) is 4.21. The molecule has 1 aromatic carbocycles. The fraction of sp³-hybridized carbons (Fsp3) is 0.312. The summed E-state index contributed by atoms with van der Waals surface area (Å²) in [5, 5.41) is 2.81. The van der Waals surface area contributed by atoms with Gasteiger partial charge in [-0.2, -0.15) is 0 Å². The molecule has 1 aromatic heterocycles. The molecule has 2 aromatic rings. The van der Waals surface area contributed by atoms with E-state index in [1.54, 1.807) is 13.8 Å². The molecule has 1 amide bonds. The van der Waals surface area contributed by atoms with Crippen LogP contribution in [-0.2, 0) is 11.3 Å². The first-order valence-electron chi connectivity index (χ1n) is 6.77. The zero-order valence-electron chi connectivity index (χ0n) is 12.7. The summed E-state index contributed by atoms with van der Waals surface area (Å²) < 4.78 is 1.32. The highest BCUT2D eigenvalue weighted by molar-refractivity contribution is 5.90. The van der Waals surface area contributed by atoms with Gasteiger partial charge in [-0.1, -0.05) is 6.07 Å². The van der Waals surface area contributed by atoms with E-state index in [-0.39, 0.29) is 18.0 Å². The van der Waals surface area contributed by atoms with Gasteiger partial charge in [0, 0.05) is 16.9 Å². The first-order valence-corrected chi connectivity index (χ1v) is 6.77. The van der Waals surface area contributed by atoms with E-state index >= 15 is 0 Å². The second-order valence-corrected chi connectivity index (χ2v) is 5.31. The van der Waals surface area contributed by atoms with Gasteiger partial charge in [0.15, 0.2) is 0 Å². The zero-order valence-corrected chi connectivity index (χ0v) is 12.7. The number of hydrogen-bond donors (Lipinski definition) is 1. The maximum atomic E-state index is 12.1. The Hall–Kier alpha value is -2.43. The molecular weight excluding hydrogens is 266 g/mol. The van der Waals surface area contributed by atoms with Gasteiger partial charge >= 0.3 is 0 Å². The highest BCUT2D eigenvalue weighted by atomic mass is 16.2. The monoisotopic (exact) mass is 285 g/mol. The molecule has 0 fully saturated rings. The van der Waals surface area contributed by atoms with Crippen LogP contribution >= 0.6 is 0 Å². The largest absolute Gasteiger partial charge is 0.325 e. The lowest BCUT2D eigenvalue weighted by atomic mass is 10.1. The lowest BCUT2D eigenvalue weighted by Crippen LogP contribution is -2.29. The normalized spacial score (nSPS) is 10.5. The van der Waals surface area contributed by atoms with Crippen LogP contribution in [0.3, 0.4) is 0 Å². The number of anilines is 1. The van der Waals surface area contributed by atoms with E-state index in [1.807, 2.05) is 32.0 Å². The summed E-state index contributed by atoms with van der Waals surface area (Å²) in [5.41, 5.74) is 3.97. The number of carbonyl (C=O) groups excluding carboxylic acids is 1. The number of hydrogen-bond acceptors (Lipinski definition) is 3. The van der Waals surface area contributed by atoms with Crippen molar-refractivity contribution in [3.8, 4) is 0 Å². The van der Waals surface area contributed by atoms with Gasteiger partial charge in [-0.15, -0.1) is 0 Å². The number of nitrogens with one attached hydrogen (secondary N) is 1. The summed E-state index contributed by atoms with van der Waals surface area (Å²) >= 11 is 0. The van der Waals surface area contributed by atoms with E-state index in [0.717, 1.165) is 16.8 Å². The predicted molar refractivity (Wildman–Crippen MR) is 82.5 cm³/mol. The lowest BCUT2D eigenvalue weighted by Gasteiger charge is -2.10. The SMILES string of the molecule is Cc1cc(C)cc(NC(=O)Cn2cnc(C)c(C)c2=O)c1. The van der Waals surface area contributed by atoms with Gasteiger partial charge in [-0.05, 0) is 51.0 Å². The number of rotatable bonds is 3. The Morgan fingerprint density at radius 2 is 1.76 bits per heavy atom. The maximum Gasteiger partial charge on any atom is 0.256 e. The van der Waals surface area contributed by atoms with Crippen LogP contribution < -0.4 is 10.9 Å². The molecule has 0 bridgehead atoms. The Balaban J connectivity index is 2.15. The third-order valence-electron chi connectivity index (χ3n) is 3.33. The molecule has 0 aliphatic heterocycles. The van der Waals surface area contributed by atoms with Crippen LogP contribution in [0.5, 0.6) is 0 Å². The van der Waals surface area contributed by atoms with Crippen LogP contribution in [0.25, 0.3) is 0 Å². The van der Waals surface area contributed by atoms with Crippen LogP contribution in [0.1, 0.15) is 22.4 Å². The second-order valence-electron chi connectivity index (χ2n) is 5.31. The van der Waals surface area contributed by atoms with Crippen molar-refractivity contribution in [3.63, 3.8) is 0 Å². The van der Waals surface area contributed by atoms with E-state index in [0.29, 0.717) is 11.3 Å². The Bertz CT molecular complexity index is 727. The van der Waals surface area contributed by atoms with E-state index in [1.165, 1.54) is 10.9 Å². The lowest BCUT2D eigenvalue weighted by molar-refractivity contribution is -0.116. The number of nitrogens with zero attached hydrogens (tertiary/aromatic N) is 2. The molecule has 0 atom stereocenters. The standard InChI is InChI=1S/C16H19N3O2/c1-10-5-11(2)7-14(6-10)18-15(20)8-19-9-17-13(4)12(3)16(19)21/h5-7,9H,8H2,1-4H3,(H,18,20). The summed E-state index contributed by atoms with van der Waals surface area (Å²) in [6.07, 6.45) is 1.41. The topological polar surface area (TPSA) is 64.0 Å². The number of amides is 1. The summed E-state index contributed by atoms with van der Waals surface area (Å²) in [6, 6.07) is 5.83. The highest BCUT2D eigenvalue weighted by Gasteiger charge is 2.09. The van der Waals surface area contributed by atoms with Gasteiger partial charge in [-0.25, -0.2) is 4.98 Å². The van der Waals surface area contributed by atoms with Crippen LogP contribution in [0.2, 0.25) is 0 Å². The van der Waals surface area contributed by atoms with Crippen molar-refractivity contribution in [1.29, 1.82) is 0 Å². The maximum absolute atomic E-state index is 12.1. The number of benzene rings is 1. The number of aryl methyl sites for hydroxylation is 3. The molecule has 2 rings (SSSR count). The predicted octanol–water partition coefficient (Wildman–Crippen LogP) is 2.12. The average Bonchev–Trinajstić information content (AvgIpc) is 2.38. The Morgan fingerprint density at radius 1 is 1.14 bits per heavy atom. The fourth-order valence-electron chi connectivity index (χ4n) is 2.19. The van der Waals surface area contributed by atoms with Crippen LogP contribution in [0.15, 0.2) is 29.3 Å². The average molecular weight is 285 g/mol. The van der Waals surface area contributed by atoms with Gasteiger partial charge < -0.3 is 5.32 Å². The van der Waals surface area contributed by atoms with Crippen molar-refractivity contribution in [2.45, 2.75) is 34.2 Å². The van der Waals surface area contributed by atoms with E-state index in [2.05, 4.69) is 10.3 Å². The summed E-state index contributed by atoms with van der Waals surface area (Å²) in [6.45, 7) is 7.39. The molecule has 0 saturated carbocycles. The molecular formula is C16H19N3O2. The van der Waals surface area contributed by atoms with E-state index in [4.69, 9.17) is 0 Å². The van der Waals surface area contributed by atoms with Crippen LogP contribution in [-0.4, -0.2) is 15.5 Å². The molecule has 0 spiro atoms. The zero-order chi connectivity index (χ0) is 15.6. The minimum Gasteiger partial charge on any atom is -0.325 e. The molecule has 5 heteroatoms. The molecule has 0 aliphatic rings. The smallest absolute Gasteiger partial charge is 0.256 e. The van der Waals surface area contributed by atoms with Crippen molar-refractivity contribution in [1.82, 2.24) is 9.55 Å². The minimum absolute atomic E-state index is 0.0417. The Morgan fingerprint density at radius 3 is 2.38 bits per heavy atom. The van der Waals surface area contributed by atoms with Gasteiger partial charge in [0.1, 0.15) is 6.54 Å². The molecule has 110 valence electrons. The summed E-state index contributed by atoms with van der Waals surface area (Å²) in [7, 11) is 0. The van der Waals surface area contributed by atoms with E-state index in [9.17, 15) is 9.59 Å². The third kappa shape index (κ3) is 3.56. The summed E-state index contributed by atoms with van der Waals surface area (Å²) in [5.74, 6) is -0.243. The van der Waals surface area contributed by atoms with Crippen molar-refractivity contribution in [2.24, 2.45) is 0 Å². The van der Waals surface area contributed by atoms with Gasteiger partial charge in [0.2, 0.25) is 5.91 Å². The van der Waals surface area contributed by atoms with Gasteiger partial charge in [0.25, 0.3) is 5.56 Å². The molecule has 0 radical (unpaired) electrons. The van der Waals surface area contributed by atoms with Crippen molar-refractivity contribution in [3.05, 3.63) is 57.3 Å². The minimum atomic E-state index is -0.243. The summed E-state index contributed by atoms with van der Waals surface area (Å²) in [4.78, 5) is 28.2. The number of aromatic nitrogens is 2. The van der Waals surface area contributed by atoms with Gasteiger partial charge in [0.05, 0.1) is 6.33 Å². The highest BCUT2D eigenvalue weighted by Crippen LogP contribution is 2.13. The molecule has 0 aliphatic carbocycles. The first-order chi connectivity index (χ1) is 9.86. The van der Waals surface area contributed by atoms with E-state index < -0.39 is 0 Å². The van der Waals surface area contributed by atoms with Crippen molar-refractivity contribution in [2.75, 3.05) is 5.32 Å².